The van der Waals surface area contributed by atoms with Gasteiger partial charge in [0.1, 0.15) is 17.4 Å². The summed E-state index contributed by atoms with van der Waals surface area (Å²) in [7, 11) is 3.46. The van der Waals surface area contributed by atoms with Gasteiger partial charge >= 0.3 is 0 Å². The Balaban J connectivity index is 1.51. The molecule has 174 valence electrons. The largest absolute Gasteiger partial charge is 0.497 e. The number of hydrogen-bond acceptors (Lipinski definition) is 5. The number of hydrogen-bond donors (Lipinski definition) is 0. The number of amides is 1. The van der Waals surface area contributed by atoms with Gasteiger partial charge in [0.05, 0.1) is 24.9 Å². The predicted molar refractivity (Wildman–Crippen MR) is 119 cm³/mol. The summed E-state index contributed by atoms with van der Waals surface area (Å²) < 4.78 is 39.9. The zero-order chi connectivity index (χ0) is 24.0. The van der Waals surface area contributed by atoms with Gasteiger partial charge in [-0.3, -0.25) is 9.48 Å². The smallest absolute Gasteiger partial charge is 0.276 e. The highest BCUT2D eigenvalue weighted by molar-refractivity contribution is 5.93. The highest BCUT2D eigenvalue weighted by atomic mass is 19.1. The molecule has 2 aromatic carbocycles. The molecule has 5 rings (SSSR count). The molecule has 0 aliphatic carbocycles. The molecule has 0 unspecified atom stereocenters. The number of ether oxygens (including phenoxy) is 1. The van der Waals surface area contributed by atoms with Crippen LogP contribution in [0.15, 0.2) is 59.4 Å². The summed E-state index contributed by atoms with van der Waals surface area (Å²) in [5.41, 5.74) is 3.11. The molecule has 2 atom stereocenters. The summed E-state index contributed by atoms with van der Waals surface area (Å²) in [6.07, 6.45) is 3.72. The lowest BCUT2D eigenvalue weighted by Gasteiger charge is -2.39. The number of fused-ring (bicyclic) bond motifs is 1. The van der Waals surface area contributed by atoms with Crippen LogP contribution in [0.4, 0.5) is 8.78 Å². The van der Waals surface area contributed by atoms with Crippen molar-refractivity contribution in [3.8, 4) is 17.1 Å². The average molecular weight is 464 g/mol. The maximum atomic E-state index is 14.2. The summed E-state index contributed by atoms with van der Waals surface area (Å²) in [6, 6.07) is 10.1. The molecule has 0 N–H and O–H groups in total. The molecule has 7 nitrogen and oxygen atoms in total. The third-order valence-corrected chi connectivity index (χ3v) is 6.28. The van der Waals surface area contributed by atoms with Crippen LogP contribution in [0.1, 0.15) is 46.1 Å². The molecular weight excluding hydrogens is 442 g/mol. The van der Waals surface area contributed by atoms with Crippen molar-refractivity contribution < 1.29 is 22.8 Å². The van der Waals surface area contributed by atoms with Crippen molar-refractivity contribution in [2.75, 3.05) is 13.7 Å². The number of benzene rings is 2. The van der Waals surface area contributed by atoms with Crippen LogP contribution in [0.3, 0.4) is 0 Å². The number of halogens is 2. The van der Waals surface area contributed by atoms with Crippen LogP contribution < -0.4 is 4.74 Å². The highest BCUT2D eigenvalue weighted by Crippen LogP contribution is 2.41. The van der Waals surface area contributed by atoms with Gasteiger partial charge in [-0.1, -0.05) is 11.2 Å². The molecular formula is C25H22F2N4O3. The summed E-state index contributed by atoms with van der Waals surface area (Å²) >= 11 is 0. The summed E-state index contributed by atoms with van der Waals surface area (Å²) in [5, 5.41) is 8.19. The monoisotopic (exact) mass is 464 g/mol. The number of nitrogens with zero attached hydrogens (tertiary/aromatic N) is 4. The summed E-state index contributed by atoms with van der Waals surface area (Å²) in [5.74, 6) is -1.17. The Kier molecular flexibility index (Phi) is 5.39. The van der Waals surface area contributed by atoms with Gasteiger partial charge in [-0.25, -0.2) is 8.78 Å². The van der Waals surface area contributed by atoms with Crippen LogP contribution in [0.5, 0.6) is 5.75 Å². The van der Waals surface area contributed by atoms with E-state index in [4.69, 9.17) is 9.26 Å². The third kappa shape index (κ3) is 3.72. The van der Waals surface area contributed by atoms with E-state index in [0.717, 1.165) is 34.6 Å². The predicted octanol–water partition coefficient (Wildman–Crippen LogP) is 4.71. The average Bonchev–Trinajstić information content (AvgIpc) is 3.48. The lowest BCUT2D eigenvalue weighted by Crippen LogP contribution is -2.41. The Morgan fingerprint density at radius 3 is 2.68 bits per heavy atom. The topological polar surface area (TPSA) is 73.4 Å². The second kappa shape index (κ2) is 8.40. The number of carbonyl (C=O) groups excluding carboxylic acids is 1. The normalized spacial score (nSPS) is 17.5. The first kappa shape index (κ1) is 21.8. The van der Waals surface area contributed by atoms with Crippen LogP contribution in [-0.4, -0.2) is 39.4 Å². The first-order valence-electron chi connectivity index (χ1n) is 10.7. The Morgan fingerprint density at radius 2 is 1.97 bits per heavy atom. The van der Waals surface area contributed by atoms with Gasteiger partial charge < -0.3 is 14.2 Å². The lowest BCUT2D eigenvalue weighted by atomic mass is 9.82. The molecule has 1 amide bonds. The van der Waals surface area contributed by atoms with Crippen LogP contribution in [-0.2, 0) is 7.05 Å². The van der Waals surface area contributed by atoms with Crippen molar-refractivity contribution >= 4 is 5.91 Å². The van der Waals surface area contributed by atoms with Crippen LogP contribution in [0, 0.1) is 11.6 Å². The maximum absolute atomic E-state index is 14.2. The highest BCUT2D eigenvalue weighted by Gasteiger charge is 2.36. The maximum Gasteiger partial charge on any atom is 0.276 e. The number of carbonyl (C=O) groups is 1. The van der Waals surface area contributed by atoms with Gasteiger partial charge in [0.25, 0.3) is 5.91 Å². The lowest BCUT2D eigenvalue weighted by molar-refractivity contribution is 0.0654. The molecule has 1 aliphatic rings. The van der Waals surface area contributed by atoms with Crippen molar-refractivity contribution in [1.82, 2.24) is 19.8 Å². The van der Waals surface area contributed by atoms with Crippen molar-refractivity contribution in [3.05, 3.63) is 88.9 Å². The molecule has 3 heterocycles. The molecule has 9 heteroatoms. The van der Waals surface area contributed by atoms with Gasteiger partial charge in [0.2, 0.25) is 0 Å². The fourth-order valence-corrected chi connectivity index (χ4v) is 4.49. The molecule has 1 aliphatic heterocycles. The zero-order valence-electron chi connectivity index (χ0n) is 18.8. The van der Waals surface area contributed by atoms with Gasteiger partial charge in [-0.05, 0) is 47.9 Å². The van der Waals surface area contributed by atoms with E-state index in [1.807, 2.05) is 38.4 Å². The van der Waals surface area contributed by atoms with Crippen molar-refractivity contribution in [1.29, 1.82) is 0 Å². The fourth-order valence-electron chi connectivity index (χ4n) is 4.49. The van der Waals surface area contributed by atoms with Crippen LogP contribution >= 0.6 is 0 Å². The van der Waals surface area contributed by atoms with Crippen molar-refractivity contribution in [3.63, 3.8) is 0 Å². The molecule has 34 heavy (non-hydrogen) atoms. The minimum absolute atomic E-state index is 0.0327. The first-order chi connectivity index (χ1) is 16.4. The van der Waals surface area contributed by atoms with E-state index in [2.05, 4.69) is 10.3 Å². The summed E-state index contributed by atoms with van der Waals surface area (Å²) in [6.45, 7) is 2.34. The van der Waals surface area contributed by atoms with Gasteiger partial charge in [-0.15, -0.1) is 0 Å². The third-order valence-electron chi connectivity index (χ3n) is 6.28. The van der Waals surface area contributed by atoms with Crippen molar-refractivity contribution in [2.24, 2.45) is 7.05 Å². The van der Waals surface area contributed by atoms with Crippen LogP contribution in [0.25, 0.3) is 11.3 Å². The molecule has 0 saturated carbocycles. The van der Waals surface area contributed by atoms with E-state index < -0.39 is 11.6 Å². The fraction of sp³-hybridized carbons (Fsp3) is 0.240. The van der Waals surface area contributed by atoms with E-state index in [1.54, 1.807) is 22.9 Å². The molecule has 0 radical (unpaired) electrons. The molecule has 0 fully saturated rings. The van der Waals surface area contributed by atoms with E-state index in [1.165, 1.54) is 12.1 Å². The zero-order valence-corrected chi connectivity index (χ0v) is 18.8. The Labute approximate surface area is 194 Å². The van der Waals surface area contributed by atoms with Gasteiger partial charge in [0, 0.05) is 37.8 Å². The summed E-state index contributed by atoms with van der Waals surface area (Å²) in [4.78, 5) is 15.2. The Morgan fingerprint density at radius 1 is 1.15 bits per heavy atom. The second-order valence-corrected chi connectivity index (χ2v) is 8.33. The standard InChI is InChI=1S/C25H22F2N4O3/c1-14-18-7-5-17(33-3)9-20(18)21(15-11-28-30(2)12-15)13-31(14)25(32)23-10-24(34-29-23)19-6-4-16(26)8-22(19)27/h4-12,14,21H,13H2,1-3H3/t14-,21+/m0/s1. The molecule has 0 saturated heterocycles. The first-order valence-corrected chi connectivity index (χ1v) is 10.7. The van der Waals surface area contributed by atoms with Crippen LogP contribution in [0.2, 0.25) is 0 Å². The Hall–Kier alpha value is -4.01. The van der Waals surface area contributed by atoms with E-state index >= 15 is 0 Å². The van der Waals surface area contributed by atoms with Gasteiger partial charge in [-0.2, -0.15) is 5.10 Å². The minimum atomic E-state index is -0.791. The quantitative estimate of drug-likeness (QED) is 0.437. The molecule has 2 aromatic heterocycles. The van der Waals surface area contributed by atoms with Gasteiger partial charge in [0.15, 0.2) is 11.5 Å². The number of aromatic nitrogens is 3. The van der Waals surface area contributed by atoms with E-state index in [0.29, 0.717) is 6.54 Å². The Bertz CT molecular complexity index is 1380. The minimum Gasteiger partial charge on any atom is -0.497 e. The number of aryl methyl sites for hydroxylation is 1. The van der Waals surface area contributed by atoms with Crippen molar-refractivity contribution in [2.45, 2.75) is 18.9 Å². The van der Waals surface area contributed by atoms with E-state index in [9.17, 15) is 13.6 Å². The number of methoxy groups -OCH3 is 1. The number of rotatable bonds is 4. The molecule has 0 spiro atoms. The molecule has 4 aromatic rings. The van der Waals surface area contributed by atoms with E-state index in [-0.39, 0.29) is 34.9 Å². The SMILES string of the molecule is COc1ccc2c(c1)[C@@H](c1cnn(C)c1)CN(C(=O)c1cc(-c3ccc(F)cc3F)on1)[C@H]2C. The molecule has 0 bridgehead atoms. The second-order valence-electron chi connectivity index (χ2n) is 8.33.